The Morgan fingerprint density at radius 3 is 2.13 bits per heavy atom. The van der Waals surface area contributed by atoms with E-state index in [1.165, 1.54) is 19.3 Å². The first-order chi connectivity index (χ1) is 21.8. The molecule has 0 unspecified atom stereocenters. The smallest absolute Gasteiger partial charge is 0.165 e. The monoisotopic (exact) mass is 664 g/mol. The molecule has 252 valence electrons. The number of rotatable bonds is 16. The van der Waals surface area contributed by atoms with Crippen molar-refractivity contribution in [1.82, 2.24) is 19.6 Å². The molecule has 3 aromatic rings. The number of hydrogen-bond donors (Lipinski definition) is 1. The number of ether oxygens (including phenoxy) is 3. The predicted octanol–water partition coefficient (Wildman–Crippen LogP) is 8.11. The van der Waals surface area contributed by atoms with Crippen LogP contribution < -0.4 is 10.6 Å². The lowest BCUT2D eigenvalue weighted by molar-refractivity contribution is 0.0941. The van der Waals surface area contributed by atoms with E-state index in [4.69, 9.17) is 30.0 Å². The second-order valence-electron chi connectivity index (χ2n) is 15.8. The highest BCUT2D eigenvalue weighted by Crippen LogP contribution is 2.50. The van der Waals surface area contributed by atoms with E-state index in [-0.39, 0.29) is 0 Å². The van der Waals surface area contributed by atoms with Crippen molar-refractivity contribution in [1.29, 1.82) is 0 Å². The molecule has 0 aromatic carbocycles. The minimum atomic E-state index is -1.27. The van der Waals surface area contributed by atoms with E-state index in [9.17, 15) is 0 Å². The first kappa shape index (κ1) is 34.6. The second kappa shape index (κ2) is 14.6. The lowest BCUT2D eigenvalue weighted by Gasteiger charge is -2.33. The van der Waals surface area contributed by atoms with Crippen molar-refractivity contribution in [2.75, 3.05) is 43.9 Å². The number of nitrogens with zero attached hydrogens (tertiary/aromatic N) is 5. The van der Waals surface area contributed by atoms with Crippen molar-refractivity contribution in [3.05, 3.63) is 42.4 Å². The van der Waals surface area contributed by atoms with Gasteiger partial charge in [0.1, 0.15) is 30.9 Å². The largest absolute Gasteiger partial charge is 0.494 e. The third-order valence-corrected chi connectivity index (χ3v) is 12.8. The first-order valence-corrected chi connectivity index (χ1v) is 24.6. The van der Waals surface area contributed by atoms with Gasteiger partial charge in [-0.05, 0) is 62.2 Å². The topological polar surface area (TPSA) is 100 Å². The van der Waals surface area contributed by atoms with Crippen LogP contribution >= 0.6 is 0 Å². The van der Waals surface area contributed by atoms with E-state index in [0.717, 1.165) is 70.6 Å². The average molecular weight is 665 g/mol. The highest BCUT2D eigenvalue weighted by atomic mass is 28.3. The number of fused-ring (bicyclic) bond motifs is 3. The molecule has 2 aliphatic carbocycles. The van der Waals surface area contributed by atoms with Crippen LogP contribution in [0.1, 0.15) is 56.2 Å². The Labute approximate surface area is 277 Å². The molecule has 3 atom stereocenters. The maximum absolute atomic E-state index is 6.44. The third-order valence-electron chi connectivity index (χ3n) is 9.40. The summed E-state index contributed by atoms with van der Waals surface area (Å²) >= 11 is 0. The lowest BCUT2D eigenvalue weighted by Crippen LogP contribution is -2.34. The molecule has 3 heterocycles. The number of pyridine rings is 1. The van der Waals surface area contributed by atoms with Gasteiger partial charge in [-0.3, -0.25) is 0 Å². The number of aromatic nitrogens is 4. The van der Waals surface area contributed by atoms with E-state index in [2.05, 4.69) is 55.7 Å². The van der Waals surface area contributed by atoms with Gasteiger partial charge in [0.2, 0.25) is 0 Å². The number of hydrogen-bond acceptors (Lipinski definition) is 8. The Bertz CT molecular complexity index is 1450. The van der Waals surface area contributed by atoms with E-state index < -0.39 is 16.1 Å². The summed E-state index contributed by atoms with van der Waals surface area (Å²) in [5.74, 6) is 3.79. The minimum Gasteiger partial charge on any atom is -0.494 e. The highest BCUT2D eigenvalue weighted by molar-refractivity contribution is 6.76. The minimum absolute atomic E-state index is 0.317. The Balaban J connectivity index is 1.65. The van der Waals surface area contributed by atoms with E-state index >= 15 is 0 Å². The quantitative estimate of drug-likeness (QED) is 0.0710. The van der Waals surface area contributed by atoms with Crippen LogP contribution in [0.3, 0.4) is 0 Å². The van der Waals surface area contributed by atoms with Crippen molar-refractivity contribution >= 4 is 39.2 Å². The molecule has 2 fully saturated rings. The van der Waals surface area contributed by atoms with Crippen LogP contribution in [0.2, 0.25) is 51.4 Å². The number of anilines is 2. The van der Waals surface area contributed by atoms with Crippen LogP contribution in [0.15, 0.2) is 31.1 Å². The van der Waals surface area contributed by atoms with Gasteiger partial charge in [0, 0.05) is 52.6 Å². The van der Waals surface area contributed by atoms with Gasteiger partial charge < -0.3 is 24.8 Å². The molecule has 0 aliphatic heterocycles. The summed E-state index contributed by atoms with van der Waals surface area (Å²) in [5, 5.41) is 4.96. The predicted molar refractivity (Wildman–Crippen MR) is 195 cm³/mol. The Hall–Kier alpha value is -2.74. The second-order valence-corrected chi connectivity index (χ2v) is 27.0. The van der Waals surface area contributed by atoms with E-state index in [0.29, 0.717) is 50.8 Å². The Morgan fingerprint density at radius 1 is 0.957 bits per heavy atom. The summed E-state index contributed by atoms with van der Waals surface area (Å²) in [6, 6.07) is 6.00. The van der Waals surface area contributed by atoms with Crippen molar-refractivity contribution in [2.45, 2.75) is 96.3 Å². The zero-order valence-corrected chi connectivity index (χ0v) is 31.3. The molecule has 0 radical (unpaired) electrons. The first-order valence-electron chi connectivity index (χ1n) is 17.2. The molecule has 9 nitrogen and oxygen atoms in total. The van der Waals surface area contributed by atoms with Crippen molar-refractivity contribution < 1.29 is 14.2 Å². The van der Waals surface area contributed by atoms with Crippen LogP contribution in [0.4, 0.5) is 11.6 Å². The molecule has 11 heteroatoms. The summed E-state index contributed by atoms with van der Waals surface area (Å²) in [5.41, 5.74) is 10.6. The molecule has 2 aliphatic rings. The Kier molecular flexibility index (Phi) is 11.0. The molecule has 2 bridgehead atoms. The highest BCUT2D eigenvalue weighted by Gasteiger charge is 2.38. The SMILES string of the molecule is C=C(OCC)c1c([C@H]2C[C@@H]3CC[C@@H](C3)C2)nc2c(-c3ccc(N)nc3)cnn2c1N(COCC[Si](C)(C)C)COCC[Si](C)(C)C. The zero-order chi connectivity index (χ0) is 33.1. The van der Waals surface area contributed by atoms with Gasteiger partial charge in [-0.2, -0.15) is 9.61 Å². The standard InChI is InChI=1S/C35H56N6O3Si2/c1-9-44-25(2)32-33(29-19-26-10-11-27(18-26)20-29)39-34-30(28-12-13-31(36)37-21-28)22-38-41(34)35(32)40(23-42-14-16-45(3,4)5)24-43-15-17-46(6,7)8/h12-13,21-22,26-27,29H,2,9-11,14-20,23-24H2,1,3-8H3,(H2,36,37)/t26-,27+,29+. The zero-order valence-electron chi connectivity index (χ0n) is 29.3. The molecule has 0 spiro atoms. The number of nitrogens with two attached hydrogens (primary N) is 1. The molecule has 2 N–H and O–H groups in total. The fourth-order valence-electron chi connectivity index (χ4n) is 6.86. The fourth-order valence-corrected chi connectivity index (χ4v) is 8.37. The molecular weight excluding hydrogens is 609 g/mol. The van der Waals surface area contributed by atoms with Crippen molar-refractivity contribution in [2.24, 2.45) is 11.8 Å². The summed E-state index contributed by atoms with van der Waals surface area (Å²) < 4.78 is 21.0. The van der Waals surface area contributed by atoms with Gasteiger partial charge in [-0.25, -0.2) is 9.97 Å². The maximum atomic E-state index is 6.44. The maximum Gasteiger partial charge on any atom is 0.165 e. The van der Waals surface area contributed by atoms with E-state index in [1.807, 2.05) is 29.8 Å². The van der Waals surface area contributed by atoms with Crippen LogP contribution in [-0.4, -0.2) is 69.0 Å². The van der Waals surface area contributed by atoms with Crippen molar-refractivity contribution in [3.63, 3.8) is 0 Å². The van der Waals surface area contributed by atoms with Gasteiger partial charge in [0.15, 0.2) is 5.65 Å². The molecule has 2 saturated carbocycles. The van der Waals surface area contributed by atoms with Gasteiger partial charge in [0.25, 0.3) is 0 Å². The fraction of sp³-hybridized carbons (Fsp3) is 0.629. The lowest BCUT2D eigenvalue weighted by atomic mass is 9.78. The normalized spacial score (nSPS) is 19.9. The van der Waals surface area contributed by atoms with Gasteiger partial charge in [0.05, 0.1) is 24.1 Å². The third kappa shape index (κ3) is 8.59. The van der Waals surface area contributed by atoms with Gasteiger partial charge in [-0.15, -0.1) is 0 Å². The summed E-state index contributed by atoms with van der Waals surface area (Å²) in [4.78, 5) is 12.0. The van der Waals surface area contributed by atoms with Crippen LogP contribution in [0.25, 0.3) is 22.5 Å². The number of nitrogen functional groups attached to an aromatic ring is 1. The molecule has 0 saturated heterocycles. The van der Waals surface area contributed by atoms with Crippen LogP contribution in [0.5, 0.6) is 0 Å². The summed E-state index contributed by atoms with van der Waals surface area (Å²) in [6.45, 7) is 23.4. The molecule has 5 rings (SSSR count). The molecule has 3 aromatic heterocycles. The average Bonchev–Trinajstić information content (AvgIpc) is 3.56. The van der Waals surface area contributed by atoms with Crippen molar-refractivity contribution in [3.8, 4) is 11.1 Å². The molecular formula is C35H56N6O3Si2. The van der Waals surface area contributed by atoms with Crippen LogP contribution in [-0.2, 0) is 14.2 Å². The molecule has 0 amide bonds. The Morgan fingerprint density at radius 2 is 1.59 bits per heavy atom. The van der Waals surface area contributed by atoms with Gasteiger partial charge >= 0.3 is 0 Å². The van der Waals surface area contributed by atoms with Crippen LogP contribution in [0, 0.1) is 11.8 Å². The van der Waals surface area contributed by atoms with E-state index in [1.54, 1.807) is 6.20 Å². The summed E-state index contributed by atoms with van der Waals surface area (Å²) in [6.07, 6.45) is 9.93. The molecule has 46 heavy (non-hydrogen) atoms. The summed E-state index contributed by atoms with van der Waals surface area (Å²) in [7, 11) is -2.54. The van der Waals surface area contributed by atoms with Gasteiger partial charge in [-0.1, -0.05) is 58.7 Å².